The molecule has 2 rings (SSSR count). The first-order valence-corrected chi connectivity index (χ1v) is 5.56. The lowest BCUT2D eigenvalue weighted by molar-refractivity contribution is 0.777. The van der Waals surface area contributed by atoms with Crippen molar-refractivity contribution in [2.75, 3.05) is 5.73 Å². The maximum atomic E-state index is 5.58. The average Bonchev–Trinajstić information content (AvgIpc) is 2.74. The van der Waals surface area contributed by atoms with E-state index in [1.807, 2.05) is 18.3 Å². The Bertz CT molecular complexity index is 462. The highest BCUT2D eigenvalue weighted by molar-refractivity contribution is 5.61. The summed E-state index contributed by atoms with van der Waals surface area (Å²) in [6.45, 7) is 2.18. The molecule has 2 heterocycles. The second kappa shape index (κ2) is 4.79. The summed E-state index contributed by atoms with van der Waals surface area (Å²) in [4.78, 5) is 4.34. The number of H-pyrrole nitrogens is 1. The summed E-state index contributed by atoms with van der Waals surface area (Å²) in [7, 11) is 0. The van der Waals surface area contributed by atoms with Crippen LogP contribution in [0.2, 0.25) is 0 Å². The van der Waals surface area contributed by atoms with Gasteiger partial charge in [0.1, 0.15) is 5.82 Å². The van der Waals surface area contributed by atoms with Gasteiger partial charge in [-0.3, -0.25) is 10.1 Å². The molecule has 2 aromatic heterocycles. The van der Waals surface area contributed by atoms with Crippen LogP contribution in [0.1, 0.15) is 25.5 Å². The lowest BCUT2D eigenvalue weighted by Crippen LogP contribution is -1.90. The third-order valence-electron chi connectivity index (χ3n) is 2.51. The van der Waals surface area contributed by atoms with Crippen molar-refractivity contribution in [3.63, 3.8) is 0 Å². The molecule has 0 aliphatic carbocycles. The van der Waals surface area contributed by atoms with E-state index in [4.69, 9.17) is 5.73 Å². The maximum absolute atomic E-state index is 5.58. The van der Waals surface area contributed by atoms with Crippen LogP contribution in [0.4, 0.5) is 5.82 Å². The van der Waals surface area contributed by atoms with E-state index in [1.165, 1.54) is 12.8 Å². The Kier molecular flexibility index (Phi) is 3.19. The van der Waals surface area contributed by atoms with Crippen molar-refractivity contribution in [3.8, 4) is 11.3 Å². The van der Waals surface area contributed by atoms with Crippen LogP contribution in [0.3, 0.4) is 0 Å². The number of pyridine rings is 1. The summed E-state index contributed by atoms with van der Waals surface area (Å²) in [5, 5.41) is 6.82. The Balaban J connectivity index is 2.22. The minimum absolute atomic E-state index is 0.516. The molecule has 0 amide bonds. The van der Waals surface area contributed by atoms with Gasteiger partial charge in [0.25, 0.3) is 0 Å². The highest BCUT2D eigenvalue weighted by atomic mass is 15.2. The number of aromatic nitrogens is 3. The van der Waals surface area contributed by atoms with Gasteiger partial charge in [0, 0.05) is 23.5 Å². The number of anilines is 1. The monoisotopic (exact) mass is 216 g/mol. The average molecular weight is 216 g/mol. The predicted octanol–water partition coefficient (Wildman–Crippen LogP) is 2.40. The number of unbranched alkanes of at least 4 members (excludes halogenated alkanes) is 1. The molecule has 0 saturated heterocycles. The first-order valence-electron chi connectivity index (χ1n) is 5.56. The molecule has 0 aromatic carbocycles. The van der Waals surface area contributed by atoms with Crippen LogP contribution in [0.5, 0.6) is 0 Å². The van der Waals surface area contributed by atoms with Gasteiger partial charge >= 0.3 is 0 Å². The van der Waals surface area contributed by atoms with Crippen LogP contribution >= 0.6 is 0 Å². The van der Waals surface area contributed by atoms with Gasteiger partial charge in [0.15, 0.2) is 0 Å². The van der Waals surface area contributed by atoms with Crippen molar-refractivity contribution < 1.29 is 0 Å². The van der Waals surface area contributed by atoms with Crippen molar-refractivity contribution >= 4 is 5.82 Å². The van der Waals surface area contributed by atoms with E-state index in [2.05, 4.69) is 28.2 Å². The van der Waals surface area contributed by atoms with Crippen molar-refractivity contribution in [1.29, 1.82) is 0 Å². The van der Waals surface area contributed by atoms with Gasteiger partial charge in [0.2, 0.25) is 0 Å². The third kappa shape index (κ3) is 2.39. The summed E-state index contributed by atoms with van der Waals surface area (Å²) in [6, 6.07) is 5.88. The Labute approximate surface area is 94.9 Å². The zero-order valence-corrected chi connectivity index (χ0v) is 9.40. The smallest absolute Gasteiger partial charge is 0.145 e. The fourth-order valence-electron chi connectivity index (χ4n) is 1.63. The van der Waals surface area contributed by atoms with Crippen LogP contribution < -0.4 is 5.73 Å². The Morgan fingerprint density at radius 3 is 2.94 bits per heavy atom. The molecule has 4 nitrogen and oxygen atoms in total. The van der Waals surface area contributed by atoms with E-state index in [0.29, 0.717) is 5.82 Å². The zero-order valence-electron chi connectivity index (χ0n) is 9.40. The van der Waals surface area contributed by atoms with Gasteiger partial charge in [-0.1, -0.05) is 13.3 Å². The molecule has 84 valence electrons. The Hall–Kier alpha value is -1.84. The van der Waals surface area contributed by atoms with Crippen LogP contribution in [0.25, 0.3) is 11.3 Å². The van der Waals surface area contributed by atoms with Crippen molar-refractivity contribution in [2.24, 2.45) is 0 Å². The molecule has 0 radical (unpaired) electrons. The minimum Gasteiger partial charge on any atom is -0.382 e. The van der Waals surface area contributed by atoms with E-state index in [-0.39, 0.29) is 0 Å². The SMILES string of the molecule is CCCCc1cc(-c2cc(N)n[nH]2)ccn1. The molecule has 16 heavy (non-hydrogen) atoms. The molecule has 0 fully saturated rings. The van der Waals surface area contributed by atoms with E-state index in [1.54, 1.807) is 0 Å². The van der Waals surface area contributed by atoms with Gasteiger partial charge in [-0.25, -0.2) is 0 Å². The molecule has 4 heteroatoms. The highest BCUT2D eigenvalue weighted by Crippen LogP contribution is 2.19. The predicted molar refractivity (Wildman–Crippen MR) is 64.8 cm³/mol. The molecule has 0 spiro atoms. The molecular formula is C12H16N4. The van der Waals surface area contributed by atoms with Crippen LogP contribution in [0, 0.1) is 0 Å². The molecule has 0 aliphatic rings. The number of hydrogen-bond acceptors (Lipinski definition) is 3. The zero-order chi connectivity index (χ0) is 11.4. The van der Waals surface area contributed by atoms with Crippen LogP contribution in [0.15, 0.2) is 24.4 Å². The summed E-state index contributed by atoms with van der Waals surface area (Å²) >= 11 is 0. The fourth-order valence-corrected chi connectivity index (χ4v) is 1.63. The van der Waals surface area contributed by atoms with Gasteiger partial charge in [-0.15, -0.1) is 0 Å². The van der Waals surface area contributed by atoms with Gasteiger partial charge in [-0.2, -0.15) is 5.10 Å². The van der Waals surface area contributed by atoms with E-state index in [9.17, 15) is 0 Å². The second-order valence-electron chi connectivity index (χ2n) is 3.85. The number of nitrogen functional groups attached to an aromatic ring is 1. The number of rotatable bonds is 4. The standard InChI is InChI=1S/C12H16N4/c1-2-3-4-10-7-9(5-6-14-10)11-8-12(13)16-15-11/h5-8H,2-4H2,1H3,(H3,13,15,16). The van der Waals surface area contributed by atoms with Crippen LogP contribution in [-0.4, -0.2) is 15.2 Å². The van der Waals surface area contributed by atoms with E-state index >= 15 is 0 Å². The highest BCUT2D eigenvalue weighted by Gasteiger charge is 2.03. The number of nitrogens with one attached hydrogen (secondary N) is 1. The fraction of sp³-hybridized carbons (Fsp3) is 0.333. The molecule has 0 atom stereocenters. The largest absolute Gasteiger partial charge is 0.382 e. The second-order valence-corrected chi connectivity index (χ2v) is 3.85. The molecular weight excluding hydrogens is 200 g/mol. The molecule has 0 bridgehead atoms. The van der Waals surface area contributed by atoms with Crippen molar-refractivity contribution in [2.45, 2.75) is 26.2 Å². The summed E-state index contributed by atoms with van der Waals surface area (Å²) in [6.07, 6.45) is 5.20. The van der Waals surface area contributed by atoms with Gasteiger partial charge < -0.3 is 5.73 Å². The van der Waals surface area contributed by atoms with Gasteiger partial charge in [-0.05, 0) is 25.0 Å². The molecule has 0 unspecified atom stereocenters. The number of aryl methyl sites for hydroxylation is 1. The quantitative estimate of drug-likeness (QED) is 0.824. The maximum Gasteiger partial charge on any atom is 0.145 e. The number of nitrogens with two attached hydrogens (primary N) is 1. The topological polar surface area (TPSA) is 67.6 Å². The van der Waals surface area contributed by atoms with Crippen molar-refractivity contribution in [1.82, 2.24) is 15.2 Å². The summed E-state index contributed by atoms with van der Waals surface area (Å²) in [5.41, 5.74) is 8.72. The van der Waals surface area contributed by atoms with E-state index < -0.39 is 0 Å². The number of nitrogens with zero attached hydrogens (tertiary/aromatic N) is 2. The third-order valence-corrected chi connectivity index (χ3v) is 2.51. The number of aromatic amines is 1. The summed E-state index contributed by atoms with van der Waals surface area (Å²) < 4.78 is 0. The van der Waals surface area contributed by atoms with Crippen LogP contribution in [-0.2, 0) is 6.42 Å². The first-order chi connectivity index (χ1) is 7.79. The lowest BCUT2D eigenvalue weighted by atomic mass is 10.1. The molecule has 2 aromatic rings. The minimum atomic E-state index is 0.516. The first kappa shape index (κ1) is 10.7. The molecule has 0 saturated carbocycles. The lowest BCUT2D eigenvalue weighted by Gasteiger charge is -2.01. The Morgan fingerprint density at radius 1 is 1.38 bits per heavy atom. The normalized spacial score (nSPS) is 10.6. The Morgan fingerprint density at radius 2 is 2.25 bits per heavy atom. The summed E-state index contributed by atoms with van der Waals surface area (Å²) in [5.74, 6) is 0.516. The molecule has 3 N–H and O–H groups in total. The van der Waals surface area contributed by atoms with E-state index in [0.717, 1.165) is 23.4 Å². The van der Waals surface area contributed by atoms with Gasteiger partial charge in [0.05, 0.1) is 5.69 Å². The van der Waals surface area contributed by atoms with Crippen molar-refractivity contribution in [3.05, 3.63) is 30.1 Å². The number of hydrogen-bond donors (Lipinski definition) is 2. The molecule has 0 aliphatic heterocycles.